The molecule has 0 aliphatic rings. The number of rotatable bonds is 4. The van der Waals surface area contributed by atoms with Gasteiger partial charge in [0.15, 0.2) is 0 Å². The Hall–Kier alpha value is -3.02. The highest BCUT2D eigenvalue weighted by molar-refractivity contribution is 5.94. The number of hydrogen-bond donors (Lipinski definition) is 0. The Morgan fingerprint density at radius 1 is 1.07 bits per heavy atom. The number of halogens is 2. The minimum Gasteiger partial charge on any atom is -0.337 e. The lowest BCUT2D eigenvalue weighted by Gasteiger charge is -2.18. The Kier molecular flexibility index (Phi) is 5.08. The van der Waals surface area contributed by atoms with Crippen LogP contribution in [0.25, 0.3) is 5.69 Å². The molecule has 140 valence electrons. The second kappa shape index (κ2) is 7.31. The zero-order valence-corrected chi connectivity index (χ0v) is 15.8. The fourth-order valence-electron chi connectivity index (χ4n) is 3.15. The standard InChI is InChI=1S/C21H21F2N3O/c1-13-7-5-6-8-20(13)26-15(3)19(14(2)24-26)12-25(4)21(27)16-9-17(22)11-18(23)10-16/h5-11H,12H2,1-4H3. The maximum Gasteiger partial charge on any atom is 0.254 e. The van der Waals surface area contributed by atoms with E-state index in [0.717, 1.165) is 46.4 Å². The van der Waals surface area contributed by atoms with Crippen molar-refractivity contribution >= 4 is 5.91 Å². The number of hydrogen-bond acceptors (Lipinski definition) is 2. The fourth-order valence-corrected chi connectivity index (χ4v) is 3.15. The summed E-state index contributed by atoms with van der Waals surface area (Å²) in [7, 11) is 1.61. The van der Waals surface area contributed by atoms with Crippen LogP contribution >= 0.6 is 0 Å². The summed E-state index contributed by atoms with van der Waals surface area (Å²) < 4.78 is 28.7. The number of aromatic nitrogens is 2. The smallest absolute Gasteiger partial charge is 0.254 e. The van der Waals surface area contributed by atoms with Crippen LogP contribution in [0.5, 0.6) is 0 Å². The van der Waals surface area contributed by atoms with Crippen LogP contribution in [0, 0.1) is 32.4 Å². The van der Waals surface area contributed by atoms with Gasteiger partial charge in [0.05, 0.1) is 11.4 Å². The number of aryl methyl sites for hydroxylation is 2. The van der Waals surface area contributed by atoms with Crippen molar-refractivity contribution in [2.24, 2.45) is 0 Å². The fraction of sp³-hybridized carbons (Fsp3) is 0.238. The number of para-hydroxylation sites is 1. The average molecular weight is 369 g/mol. The van der Waals surface area contributed by atoms with E-state index in [1.165, 1.54) is 4.90 Å². The minimum atomic E-state index is -0.772. The summed E-state index contributed by atoms with van der Waals surface area (Å²) in [6, 6.07) is 10.7. The van der Waals surface area contributed by atoms with E-state index in [0.29, 0.717) is 6.54 Å². The van der Waals surface area contributed by atoms with Gasteiger partial charge < -0.3 is 4.90 Å². The summed E-state index contributed by atoms with van der Waals surface area (Å²) in [5.74, 6) is -1.99. The molecule has 1 amide bonds. The van der Waals surface area contributed by atoms with Gasteiger partial charge in [-0.2, -0.15) is 5.10 Å². The minimum absolute atomic E-state index is 0.0170. The average Bonchev–Trinajstić information content (AvgIpc) is 2.88. The lowest BCUT2D eigenvalue weighted by molar-refractivity contribution is 0.0783. The van der Waals surface area contributed by atoms with E-state index in [9.17, 15) is 13.6 Å². The first-order chi connectivity index (χ1) is 12.8. The summed E-state index contributed by atoms with van der Waals surface area (Å²) >= 11 is 0. The summed E-state index contributed by atoms with van der Waals surface area (Å²) in [5, 5.41) is 4.61. The third-order valence-electron chi connectivity index (χ3n) is 4.64. The summed E-state index contributed by atoms with van der Waals surface area (Å²) in [5.41, 5.74) is 4.69. The van der Waals surface area contributed by atoms with Crippen LogP contribution < -0.4 is 0 Å². The van der Waals surface area contributed by atoms with Crippen molar-refractivity contribution in [2.45, 2.75) is 27.3 Å². The van der Waals surface area contributed by atoms with E-state index in [-0.39, 0.29) is 5.56 Å². The lowest BCUT2D eigenvalue weighted by atomic mass is 10.1. The molecule has 3 aromatic rings. The van der Waals surface area contributed by atoms with Crippen LogP contribution in [0.2, 0.25) is 0 Å². The number of nitrogens with zero attached hydrogens (tertiary/aromatic N) is 3. The lowest BCUT2D eigenvalue weighted by Crippen LogP contribution is -2.27. The molecule has 6 heteroatoms. The number of carbonyl (C=O) groups excluding carboxylic acids is 1. The second-order valence-electron chi connectivity index (χ2n) is 6.67. The van der Waals surface area contributed by atoms with Crippen LogP contribution in [0.15, 0.2) is 42.5 Å². The zero-order valence-electron chi connectivity index (χ0n) is 15.8. The zero-order chi connectivity index (χ0) is 19.7. The molecule has 0 spiro atoms. The van der Waals surface area contributed by atoms with E-state index in [2.05, 4.69) is 5.10 Å². The predicted molar refractivity (Wildman–Crippen MR) is 99.9 cm³/mol. The van der Waals surface area contributed by atoms with E-state index in [4.69, 9.17) is 0 Å². The van der Waals surface area contributed by atoms with Crippen LogP contribution in [-0.2, 0) is 6.54 Å². The molecule has 0 bridgehead atoms. The van der Waals surface area contributed by atoms with E-state index < -0.39 is 17.5 Å². The van der Waals surface area contributed by atoms with E-state index in [1.807, 2.05) is 49.7 Å². The Labute approximate surface area is 157 Å². The van der Waals surface area contributed by atoms with Crippen LogP contribution in [0.3, 0.4) is 0 Å². The van der Waals surface area contributed by atoms with Crippen LogP contribution in [0.4, 0.5) is 8.78 Å². The predicted octanol–water partition coefficient (Wildman–Crippen LogP) is 4.35. The monoisotopic (exact) mass is 369 g/mol. The molecule has 2 aromatic carbocycles. The number of benzene rings is 2. The molecular formula is C21H21F2N3O. The topological polar surface area (TPSA) is 38.1 Å². The van der Waals surface area contributed by atoms with Crippen molar-refractivity contribution < 1.29 is 13.6 Å². The van der Waals surface area contributed by atoms with Gasteiger partial charge in [0.25, 0.3) is 5.91 Å². The summed E-state index contributed by atoms with van der Waals surface area (Å²) in [4.78, 5) is 14.0. The van der Waals surface area contributed by atoms with Crippen molar-refractivity contribution in [3.63, 3.8) is 0 Å². The van der Waals surface area contributed by atoms with Gasteiger partial charge in [-0.3, -0.25) is 4.79 Å². The Balaban J connectivity index is 1.89. The maximum absolute atomic E-state index is 13.4. The molecule has 0 unspecified atom stereocenters. The van der Waals surface area contributed by atoms with Gasteiger partial charge in [-0.1, -0.05) is 18.2 Å². The first-order valence-electron chi connectivity index (χ1n) is 8.60. The molecule has 0 N–H and O–H groups in total. The largest absolute Gasteiger partial charge is 0.337 e. The summed E-state index contributed by atoms with van der Waals surface area (Å²) in [6.45, 7) is 6.14. The number of carbonyl (C=O) groups is 1. The molecule has 0 saturated carbocycles. The van der Waals surface area contributed by atoms with Crippen molar-refractivity contribution in [3.8, 4) is 5.69 Å². The maximum atomic E-state index is 13.4. The van der Waals surface area contributed by atoms with Gasteiger partial charge in [-0.15, -0.1) is 0 Å². The SMILES string of the molecule is Cc1ccccc1-n1nc(C)c(CN(C)C(=O)c2cc(F)cc(F)c2)c1C. The van der Waals surface area contributed by atoms with Crippen molar-refractivity contribution in [3.05, 3.63) is 82.2 Å². The highest BCUT2D eigenvalue weighted by atomic mass is 19.1. The molecule has 0 aliphatic heterocycles. The van der Waals surface area contributed by atoms with Gasteiger partial charge in [0, 0.05) is 36.5 Å². The van der Waals surface area contributed by atoms with E-state index >= 15 is 0 Å². The molecule has 0 fully saturated rings. The Morgan fingerprint density at radius 2 is 1.70 bits per heavy atom. The number of amides is 1. The van der Waals surface area contributed by atoms with Crippen LogP contribution in [-0.4, -0.2) is 27.6 Å². The molecule has 0 aliphatic carbocycles. The van der Waals surface area contributed by atoms with Gasteiger partial charge in [0.2, 0.25) is 0 Å². The first kappa shape index (κ1) is 18.8. The highest BCUT2D eigenvalue weighted by Gasteiger charge is 2.19. The van der Waals surface area contributed by atoms with Crippen molar-refractivity contribution in [2.75, 3.05) is 7.05 Å². The van der Waals surface area contributed by atoms with Crippen molar-refractivity contribution in [1.29, 1.82) is 0 Å². The molecule has 4 nitrogen and oxygen atoms in total. The summed E-state index contributed by atoms with van der Waals surface area (Å²) in [6.07, 6.45) is 0. The molecule has 0 radical (unpaired) electrons. The molecule has 3 rings (SSSR count). The van der Waals surface area contributed by atoms with Gasteiger partial charge >= 0.3 is 0 Å². The normalized spacial score (nSPS) is 10.9. The third kappa shape index (κ3) is 3.74. The van der Waals surface area contributed by atoms with E-state index in [1.54, 1.807) is 7.05 Å². The van der Waals surface area contributed by atoms with Crippen molar-refractivity contribution in [1.82, 2.24) is 14.7 Å². The molecule has 27 heavy (non-hydrogen) atoms. The molecule has 0 atom stereocenters. The first-order valence-corrected chi connectivity index (χ1v) is 8.60. The quantitative estimate of drug-likeness (QED) is 0.686. The third-order valence-corrected chi connectivity index (χ3v) is 4.64. The Bertz CT molecular complexity index is 990. The molecular weight excluding hydrogens is 348 g/mol. The molecule has 0 saturated heterocycles. The Morgan fingerprint density at radius 3 is 2.33 bits per heavy atom. The second-order valence-corrected chi connectivity index (χ2v) is 6.67. The van der Waals surface area contributed by atoms with Gasteiger partial charge in [0.1, 0.15) is 11.6 Å². The molecule has 1 heterocycles. The molecule has 1 aromatic heterocycles. The highest BCUT2D eigenvalue weighted by Crippen LogP contribution is 2.22. The van der Waals surface area contributed by atoms with Gasteiger partial charge in [-0.25, -0.2) is 13.5 Å². The van der Waals surface area contributed by atoms with Crippen LogP contribution in [0.1, 0.15) is 32.9 Å². The van der Waals surface area contributed by atoms with Gasteiger partial charge in [-0.05, 0) is 44.5 Å².